The van der Waals surface area contributed by atoms with E-state index >= 15 is 0 Å². The van der Waals surface area contributed by atoms with Gasteiger partial charge in [0.15, 0.2) is 0 Å². The molecule has 0 aromatic heterocycles. The molecule has 0 unspecified atom stereocenters. The van der Waals surface area contributed by atoms with Crippen molar-refractivity contribution >= 4 is 5.84 Å². The third kappa shape index (κ3) is 1.65. The lowest BCUT2D eigenvalue weighted by Gasteiger charge is -2.16. The van der Waals surface area contributed by atoms with E-state index in [1.54, 1.807) is 7.05 Å². The average Bonchev–Trinajstić information content (AvgIpc) is 2.27. The lowest BCUT2D eigenvalue weighted by atomic mass is 9.90. The highest BCUT2D eigenvalue weighted by Crippen LogP contribution is 2.21. The second-order valence-electron chi connectivity index (χ2n) is 3.80. The Morgan fingerprint density at radius 3 is 2.64 bits per heavy atom. The number of hydrogen-bond donors (Lipinski definition) is 1. The lowest BCUT2D eigenvalue weighted by Crippen LogP contribution is -2.14. The van der Waals surface area contributed by atoms with E-state index in [1.807, 2.05) is 0 Å². The molecule has 1 aliphatic carbocycles. The second-order valence-corrected chi connectivity index (χ2v) is 3.80. The number of hydrogen-bond acceptors (Lipinski definition) is 1. The minimum absolute atomic E-state index is 0.637. The van der Waals surface area contributed by atoms with E-state index < -0.39 is 0 Å². The molecule has 0 bridgehead atoms. The summed E-state index contributed by atoms with van der Waals surface area (Å²) in [5.74, 6) is 0.637. The first kappa shape index (κ1) is 9.25. The van der Waals surface area contributed by atoms with Crippen LogP contribution in [-0.4, -0.2) is 12.9 Å². The summed E-state index contributed by atoms with van der Waals surface area (Å²) in [5, 5.41) is 0. The third-order valence-corrected chi connectivity index (χ3v) is 2.89. The van der Waals surface area contributed by atoms with Crippen LogP contribution in [0.5, 0.6) is 0 Å². The van der Waals surface area contributed by atoms with E-state index in [4.69, 9.17) is 5.73 Å². The van der Waals surface area contributed by atoms with Crippen molar-refractivity contribution in [3.05, 3.63) is 34.9 Å². The maximum absolute atomic E-state index is 5.78. The first-order valence-corrected chi connectivity index (χ1v) is 5.15. The van der Waals surface area contributed by atoms with E-state index in [1.165, 1.54) is 36.8 Å². The third-order valence-electron chi connectivity index (χ3n) is 2.89. The molecule has 0 fully saturated rings. The second kappa shape index (κ2) is 3.82. The molecule has 0 amide bonds. The van der Waals surface area contributed by atoms with Crippen molar-refractivity contribution in [3.63, 3.8) is 0 Å². The molecule has 2 N–H and O–H groups in total. The molecule has 74 valence electrons. The van der Waals surface area contributed by atoms with Gasteiger partial charge in [0.25, 0.3) is 0 Å². The van der Waals surface area contributed by atoms with Gasteiger partial charge in [-0.05, 0) is 42.9 Å². The number of fused-ring (bicyclic) bond motifs is 1. The molecule has 0 spiro atoms. The molecular formula is C12H16N2. The molecular weight excluding hydrogens is 172 g/mol. The summed E-state index contributed by atoms with van der Waals surface area (Å²) in [6.07, 6.45) is 5.04. The van der Waals surface area contributed by atoms with Crippen molar-refractivity contribution in [3.8, 4) is 0 Å². The quantitative estimate of drug-likeness (QED) is 0.530. The van der Waals surface area contributed by atoms with Crippen LogP contribution in [0.3, 0.4) is 0 Å². The van der Waals surface area contributed by atoms with Crippen molar-refractivity contribution < 1.29 is 0 Å². The summed E-state index contributed by atoms with van der Waals surface area (Å²) in [5.41, 5.74) is 9.79. The van der Waals surface area contributed by atoms with E-state index in [-0.39, 0.29) is 0 Å². The number of nitrogens with two attached hydrogens (primary N) is 1. The highest BCUT2D eigenvalue weighted by atomic mass is 14.8. The van der Waals surface area contributed by atoms with Gasteiger partial charge in [-0.15, -0.1) is 0 Å². The zero-order valence-electron chi connectivity index (χ0n) is 8.59. The maximum Gasteiger partial charge on any atom is 0.125 e. The fourth-order valence-electron chi connectivity index (χ4n) is 2.02. The Kier molecular flexibility index (Phi) is 2.53. The van der Waals surface area contributed by atoms with Crippen LogP contribution in [0.25, 0.3) is 0 Å². The van der Waals surface area contributed by atoms with Crippen LogP contribution >= 0.6 is 0 Å². The smallest absolute Gasteiger partial charge is 0.125 e. The standard InChI is InChI=1S/C12H16N2/c1-14-12(13)11-7-6-9-4-2-3-5-10(9)8-11/h6-8H,2-5H2,1H3,(H2,13,14). The Bertz CT molecular complexity index is 367. The van der Waals surface area contributed by atoms with Gasteiger partial charge in [0.1, 0.15) is 5.84 Å². The molecule has 14 heavy (non-hydrogen) atoms. The average molecular weight is 188 g/mol. The first-order valence-electron chi connectivity index (χ1n) is 5.15. The van der Waals surface area contributed by atoms with Crippen LogP contribution in [0.15, 0.2) is 23.2 Å². The van der Waals surface area contributed by atoms with E-state index in [0.717, 1.165) is 5.56 Å². The molecule has 1 aromatic rings. The Morgan fingerprint density at radius 1 is 1.21 bits per heavy atom. The van der Waals surface area contributed by atoms with Crippen molar-refractivity contribution in [1.82, 2.24) is 0 Å². The van der Waals surface area contributed by atoms with Gasteiger partial charge < -0.3 is 5.73 Å². The highest BCUT2D eigenvalue weighted by Gasteiger charge is 2.10. The molecule has 0 heterocycles. The van der Waals surface area contributed by atoms with Gasteiger partial charge in [-0.2, -0.15) is 0 Å². The predicted molar refractivity (Wildman–Crippen MR) is 59.7 cm³/mol. The van der Waals surface area contributed by atoms with E-state index in [0.29, 0.717) is 5.84 Å². The van der Waals surface area contributed by atoms with Gasteiger partial charge in [-0.25, -0.2) is 0 Å². The van der Waals surface area contributed by atoms with Crippen molar-refractivity contribution in [2.45, 2.75) is 25.7 Å². The van der Waals surface area contributed by atoms with Crippen LogP contribution in [-0.2, 0) is 12.8 Å². The molecule has 0 radical (unpaired) electrons. The minimum Gasteiger partial charge on any atom is -0.384 e. The van der Waals surface area contributed by atoms with Crippen molar-refractivity contribution in [2.24, 2.45) is 10.7 Å². The van der Waals surface area contributed by atoms with E-state index in [2.05, 4.69) is 23.2 Å². The zero-order valence-corrected chi connectivity index (χ0v) is 8.59. The van der Waals surface area contributed by atoms with Crippen molar-refractivity contribution in [1.29, 1.82) is 0 Å². The van der Waals surface area contributed by atoms with Gasteiger partial charge in [0.2, 0.25) is 0 Å². The Hall–Kier alpha value is -1.31. The van der Waals surface area contributed by atoms with Crippen LogP contribution < -0.4 is 5.73 Å². The number of amidine groups is 1. The molecule has 1 aromatic carbocycles. The van der Waals surface area contributed by atoms with Gasteiger partial charge >= 0.3 is 0 Å². The topological polar surface area (TPSA) is 38.4 Å². The number of aryl methyl sites for hydroxylation is 2. The predicted octanol–water partition coefficient (Wildman–Crippen LogP) is 1.90. The van der Waals surface area contributed by atoms with Gasteiger partial charge in [-0.3, -0.25) is 4.99 Å². The molecule has 0 saturated carbocycles. The summed E-state index contributed by atoms with van der Waals surface area (Å²) in [7, 11) is 1.73. The number of benzene rings is 1. The summed E-state index contributed by atoms with van der Waals surface area (Å²) in [4.78, 5) is 4.00. The SMILES string of the molecule is CN=C(N)c1ccc2c(c1)CCCC2. The molecule has 2 nitrogen and oxygen atoms in total. The molecule has 0 atom stereocenters. The van der Waals surface area contributed by atoms with Gasteiger partial charge in [0.05, 0.1) is 0 Å². The van der Waals surface area contributed by atoms with Crippen LogP contribution in [0.4, 0.5) is 0 Å². The first-order chi connectivity index (χ1) is 6.81. The molecule has 2 rings (SSSR count). The molecule has 1 aliphatic rings. The van der Waals surface area contributed by atoms with Crippen LogP contribution in [0, 0.1) is 0 Å². The monoisotopic (exact) mass is 188 g/mol. The van der Waals surface area contributed by atoms with Gasteiger partial charge in [0, 0.05) is 12.6 Å². The zero-order chi connectivity index (χ0) is 9.97. The fourth-order valence-corrected chi connectivity index (χ4v) is 2.02. The summed E-state index contributed by atoms with van der Waals surface area (Å²) in [6.45, 7) is 0. The summed E-state index contributed by atoms with van der Waals surface area (Å²) in [6, 6.07) is 6.46. The normalized spacial score (nSPS) is 16.5. The minimum atomic E-state index is 0.637. The van der Waals surface area contributed by atoms with E-state index in [9.17, 15) is 0 Å². The Labute approximate surface area is 84.9 Å². The molecule has 0 saturated heterocycles. The summed E-state index contributed by atoms with van der Waals surface area (Å²) >= 11 is 0. The van der Waals surface area contributed by atoms with Gasteiger partial charge in [-0.1, -0.05) is 12.1 Å². The largest absolute Gasteiger partial charge is 0.384 e. The number of rotatable bonds is 1. The lowest BCUT2D eigenvalue weighted by molar-refractivity contribution is 0.685. The van der Waals surface area contributed by atoms with Crippen LogP contribution in [0.2, 0.25) is 0 Å². The highest BCUT2D eigenvalue weighted by molar-refractivity contribution is 5.97. The van der Waals surface area contributed by atoms with Crippen molar-refractivity contribution in [2.75, 3.05) is 7.05 Å². The molecule has 0 aliphatic heterocycles. The van der Waals surface area contributed by atoms with Crippen LogP contribution in [0.1, 0.15) is 29.5 Å². The number of nitrogens with zero attached hydrogens (tertiary/aromatic N) is 1. The Balaban J connectivity index is 2.38. The number of aliphatic imine (C=N–C) groups is 1. The Morgan fingerprint density at radius 2 is 1.93 bits per heavy atom. The summed E-state index contributed by atoms with van der Waals surface area (Å²) < 4.78 is 0. The fraction of sp³-hybridized carbons (Fsp3) is 0.417. The molecule has 2 heteroatoms. The maximum atomic E-state index is 5.78.